The molecular weight excluding hydrogens is 290 g/mol. The summed E-state index contributed by atoms with van der Waals surface area (Å²) in [5.41, 5.74) is 7.92. The molecule has 0 spiro atoms. The number of nitrogens with one attached hydrogen (secondary N) is 1. The van der Waals surface area contributed by atoms with Crippen LogP contribution in [-0.2, 0) is 23.1 Å². The van der Waals surface area contributed by atoms with Crippen LogP contribution >= 0.6 is 0 Å². The van der Waals surface area contributed by atoms with E-state index in [0.29, 0.717) is 17.1 Å². The average molecular weight is 309 g/mol. The molecule has 0 atom stereocenters. The molecule has 0 radical (unpaired) electrons. The number of pyridine rings is 1. The van der Waals surface area contributed by atoms with Crippen LogP contribution < -0.4 is 5.73 Å². The molecule has 0 aliphatic rings. The van der Waals surface area contributed by atoms with E-state index in [2.05, 4.69) is 15.2 Å². The molecule has 21 heavy (non-hydrogen) atoms. The fourth-order valence-electron chi connectivity index (χ4n) is 2.11. The average Bonchev–Trinajstić information content (AvgIpc) is 2.80. The van der Waals surface area contributed by atoms with E-state index in [1.807, 2.05) is 19.1 Å². The van der Waals surface area contributed by atoms with Crippen LogP contribution in [0.15, 0.2) is 23.1 Å². The van der Waals surface area contributed by atoms with Crippen molar-refractivity contribution in [1.29, 1.82) is 0 Å². The van der Waals surface area contributed by atoms with E-state index in [0.717, 1.165) is 5.69 Å². The number of nitrogens with two attached hydrogens (primary N) is 1. The lowest BCUT2D eigenvalue weighted by molar-refractivity contribution is 0.460. The van der Waals surface area contributed by atoms with Crippen LogP contribution in [0.2, 0.25) is 0 Å². The van der Waals surface area contributed by atoms with Crippen molar-refractivity contribution in [3.63, 3.8) is 0 Å². The molecule has 0 unspecified atom stereocenters. The number of aryl methyl sites for hydroxylation is 2. The van der Waals surface area contributed by atoms with Gasteiger partial charge in [-0.25, -0.2) is 8.42 Å². The second-order valence-corrected chi connectivity index (χ2v) is 6.84. The van der Waals surface area contributed by atoms with E-state index >= 15 is 0 Å². The first-order valence-electron chi connectivity index (χ1n) is 6.49. The molecule has 114 valence electrons. The Morgan fingerprint density at radius 2 is 2.05 bits per heavy atom. The molecule has 3 N–H and O–H groups in total. The van der Waals surface area contributed by atoms with Gasteiger partial charge in [-0.2, -0.15) is 9.40 Å². The van der Waals surface area contributed by atoms with Gasteiger partial charge in [-0.3, -0.25) is 10.1 Å². The van der Waals surface area contributed by atoms with Gasteiger partial charge in [0.1, 0.15) is 4.90 Å². The minimum atomic E-state index is -3.66. The van der Waals surface area contributed by atoms with Gasteiger partial charge in [0.15, 0.2) is 0 Å². The zero-order valence-electron chi connectivity index (χ0n) is 12.3. The molecule has 0 saturated heterocycles. The van der Waals surface area contributed by atoms with Crippen molar-refractivity contribution in [3.05, 3.63) is 41.0 Å². The summed E-state index contributed by atoms with van der Waals surface area (Å²) in [6.07, 6.45) is 0. The first kappa shape index (κ1) is 15.6. The number of hydrogen-bond donors (Lipinski definition) is 2. The van der Waals surface area contributed by atoms with Crippen LogP contribution in [0.1, 0.15) is 22.8 Å². The molecule has 0 aliphatic carbocycles. The number of H-pyrrole nitrogens is 1. The van der Waals surface area contributed by atoms with Gasteiger partial charge in [-0.15, -0.1) is 0 Å². The monoisotopic (exact) mass is 309 g/mol. The fourth-order valence-corrected chi connectivity index (χ4v) is 3.58. The standard InChI is InChI=1S/C13H19N5O2S/c1-9-5-4-6-11(15-9)8-18(3)21(19,20)13-10(2)16-17-12(13)7-14/h4-6H,7-8,14H2,1-3H3,(H,16,17). The maximum absolute atomic E-state index is 12.7. The van der Waals surface area contributed by atoms with E-state index < -0.39 is 10.0 Å². The van der Waals surface area contributed by atoms with Gasteiger partial charge in [-0.1, -0.05) is 6.07 Å². The Bertz CT molecular complexity index is 739. The Labute approximate surface area is 124 Å². The predicted octanol–water partition coefficient (Wildman–Crippen LogP) is 0.701. The second-order valence-electron chi connectivity index (χ2n) is 4.86. The highest BCUT2D eigenvalue weighted by Gasteiger charge is 2.28. The normalized spacial score (nSPS) is 12.0. The zero-order chi connectivity index (χ0) is 15.6. The molecule has 2 aromatic rings. The third-order valence-corrected chi connectivity index (χ3v) is 5.16. The van der Waals surface area contributed by atoms with Crippen molar-refractivity contribution in [2.24, 2.45) is 5.73 Å². The van der Waals surface area contributed by atoms with Crippen molar-refractivity contribution in [1.82, 2.24) is 19.5 Å². The summed E-state index contributed by atoms with van der Waals surface area (Å²) in [6, 6.07) is 5.52. The third-order valence-electron chi connectivity index (χ3n) is 3.15. The van der Waals surface area contributed by atoms with E-state index in [9.17, 15) is 8.42 Å². The lowest BCUT2D eigenvalue weighted by Gasteiger charge is -2.17. The fraction of sp³-hybridized carbons (Fsp3) is 0.385. The third kappa shape index (κ3) is 3.12. The Hall–Kier alpha value is -1.77. The molecule has 0 amide bonds. The van der Waals surface area contributed by atoms with Gasteiger partial charge < -0.3 is 5.73 Å². The zero-order valence-corrected chi connectivity index (χ0v) is 13.1. The maximum Gasteiger partial charge on any atom is 0.246 e. The van der Waals surface area contributed by atoms with Crippen LogP contribution in [0.3, 0.4) is 0 Å². The first-order valence-corrected chi connectivity index (χ1v) is 7.93. The van der Waals surface area contributed by atoms with Crippen LogP contribution in [0.25, 0.3) is 0 Å². The van der Waals surface area contributed by atoms with Gasteiger partial charge in [0.25, 0.3) is 0 Å². The van der Waals surface area contributed by atoms with Crippen LogP contribution in [0.5, 0.6) is 0 Å². The van der Waals surface area contributed by atoms with Crippen LogP contribution in [-0.4, -0.2) is 35.0 Å². The SMILES string of the molecule is Cc1cccc(CN(C)S(=O)(=O)c2c(CN)n[nH]c2C)n1. The second kappa shape index (κ2) is 5.92. The van der Waals surface area contributed by atoms with Gasteiger partial charge in [0, 0.05) is 19.3 Å². The molecule has 0 fully saturated rings. The number of aromatic nitrogens is 3. The van der Waals surface area contributed by atoms with E-state index in [1.54, 1.807) is 13.0 Å². The number of hydrogen-bond acceptors (Lipinski definition) is 5. The summed E-state index contributed by atoms with van der Waals surface area (Å²) in [6.45, 7) is 3.79. The maximum atomic E-state index is 12.7. The van der Waals surface area contributed by atoms with Gasteiger partial charge in [0.2, 0.25) is 10.0 Å². The predicted molar refractivity (Wildman–Crippen MR) is 78.8 cm³/mol. The molecule has 0 aliphatic heterocycles. The minimum Gasteiger partial charge on any atom is -0.325 e. The minimum absolute atomic E-state index is 0.0649. The quantitative estimate of drug-likeness (QED) is 0.846. The van der Waals surface area contributed by atoms with E-state index in [-0.39, 0.29) is 18.0 Å². The summed E-state index contributed by atoms with van der Waals surface area (Å²) in [5, 5.41) is 6.60. The Kier molecular flexibility index (Phi) is 4.40. The van der Waals surface area contributed by atoms with Gasteiger partial charge in [-0.05, 0) is 26.0 Å². The smallest absolute Gasteiger partial charge is 0.246 e. The molecule has 0 saturated carbocycles. The number of aromatic amines is 1. The molecule has 0 aromatic carbocycles. The van der Waals surface area contributed by atoms with Crippen molar-refractivity contribution < 1.29 is 8.42 Å². The molecule has 2 rings (SSSR count). The van der Waals surface area contributed by atoms with Crippen molar-refractivity contribution in [2.75, 3.05) is 7.05 Å². The van der Waals surface area contributed by atoms with Crippen molar-refractivity contribution >= 4 is 10.0 Å². The Balaban J connectivity index is 2.33. The lowest BCUT2D eigenvalue weighted by Crippen LogP contribution is -2.28. The summed E-state index contributed by atoms with van der Waals surface area (Å²) in [7, 11) is -2.14. The number of nitrogens with zero attached hydrogens (tertiary/aromatic N) is 3. The number of rotatable bonds is 5. The highest BCUT2D eigenvalue weighted by Crippen LogP contribution is 2.22. The molecule has 7 nitrogen and oxygen atoms in total. The Morgan fingerprint density at radius 1 is 1.33 bits per heavy atom. The lowest BCUT2D eigenvalue weighted by atomic mass is 10.3. The summed E-state index contributed by atoms with van der Waals surface area (Å²) < 4.78 is 26.6. The van der Waals surface area contributed by atoms with Crippen LogP contribution in [0, 0.1) is 13.8 Å². The largest absolute Gasteiger partial charge is 0.325 e. The van der Waals surface area contributed by atoms with Crippen LogP contribution in [0.4, 0.5) is 0 Å². The molecular formula is C13H19N5O2S. The topological polar surface area (TPSA) is 105 Å². The van der Waals surface area contributed by atoms with E-state index in [1.165, 1.54) is 11.4 Å². The molecule has 8 heteroatoms. The summed E-state index contributed by atoms with van der Waals surface area (Å²) >= 11 is 0. The van der Waals surface area contributed by atoms with Gasteiger partial charge >= 0.3 is 0 Å². The Morgan fingerprint density at radius 3 is 2.67 bits per heavy atom. The highest BCUT2D eigenvalue weighted by molar-refractivity contribution is 7.89. The number of sulfonamides is 1. The van der Waals surface area contributed by atoms with Crippen molar-refractivity contribution in [2.45, 2.75) is 31.8 Å². The van der Waals surface area contributed by atoms with E-state index in [4.69, 9.17) is 5.73 Å². The van der Waals surface area contributed by atoms with Crippen molar-refractivity contribution in [3.8, 4) is 0 Å². The highest BCUT2D eigenvalue weighted by atomic mass is 32.2. The molecule has 0 bridgehead atoms. The molecule has 2 aromatic heterocycles. The summed E-state index contributed by atoms with van der Waals surface area (Å²) in [5.74, 6) is 0. The van der Waals surface area contributed by atoms with Gasteiger partial charge in [0.05, 0.1) is 23.6 Å². The summed E-state index contributed by atoms with van der Waals surface area (Å²) in [4.78, 5) is 4.47. The molecule has 2 heterocycles. The first-order chi connectivity index (χ1) is 9.86.